The van der Waals surface area contributed by atoms with Crippen molar-refractivity contribution in [3.8, 4) is 0 Å². The third kappa shape index (κ3) is 1.38. The maximum absolute atomic E-state index is 5.76. The fraction of sp³-hybridized carbons (Fsp3) is 0.583. The molecule has 4 nitrogen and oxygen atoms in total. The predicted octanol–water partition coefficient (Wildman–Crippen LogP) is 1.67. The van der Waals surface area contributed by atoms with Crippen LogP contribution in [0.2, 0.25) is 0 Å². The number of rotatable bonds is 2. The first-order valence-corrected chi connectivity index (χ1v) is 5.61. The van der Waals surface area contributed by atoms with Gasteiger partial charge in [-0.1, -0.05) is 6.92 Å². The van der Waals surface area contributed by atoms with Gasteiger partial charge in [0.05, 0.1) is 25.4 Å². The SMILES string of the molecule is CCC12COC(c3cccnc3)(OC1)OC2. The normalized spacial score (nSPS) is 37.6. The molecule has 0 aromatic carbocycles. The minimum absolute atomic E-state index is 0.0456. The third-order valence-corrected chi connectivity index (χ3v) is 3.47. The van der Waals surface area contributed by atoms with Crippen LogP contribution in [-0.4, -0.2) is 24.8 Å². The Labute approximate surface area is 94.5 Å². The van der Waals surface area contributed by atoms with E-state index in [0.29, 0.717) is 19.8 Å². The molecule has 4 heterocycles. The summed E-state index contributed by atoms with van der Waals surface area (Å²) >= 11 is 0. The number of hydrogen-bond donors (Lipinski definition) is 0. The number of pyridine rings is 1. The monoisotopic (exact) mass is 221 g/mol. The summed E-state index contributed by atoms with van der Waals surface area (Å²) < 4.78 is 17.3. The number of hydrogen-bond acceptors (Lipinski definition) is 4. The first-order valence-electron chi connectivity index (χ1n) is 5.61. The highest BCUT2D eigenvalue weighted by molar-refractivity contribution is 5.15. The van der Waals surface area contributed by atoms with Crippen molar-refractivity contribution in [2.75, 3.05) is 19.8 Å². The van der Waals surface area contributed by atoms with Gasteiger partial charge in [0.15, 0.2) is 0 Å². The quantitative estimate of drug-likeness (QED) is 0.761. The molecule has 16 heavy (non-hydrogen) atoms. The summed E-state index contributed by atoms with van der Waals surface area (Å²) in [5.41, 5.74) is 0.878. The summed E-state index contributed by atoms with van der Waals surface area (Å²) in [6.45, 7) is 4.22. The molecule has 0 radical (unpaired) electrons. The molecule has 0 unspecified atom stereocenters. The molecule has 2 bridgehead atoms. The molecule has 4 heteroatoms. The van der Waals surface area contributed by atoms with E-state index in [4.69, 9.17) is 14.2 Å². The molecule has 4 rings (SSSR count). The van der Waals surface area contributed by atoms with Crippen LogP contribution in [-0.2, 0) is 20.2 Å². The molecule has 0 N–H and O–H groups in total. The van der Waals surface area contributed by atoms with Gasteiger partial charge in [0.2, 0.25) is 0 Å². The highest BCUT2D eigenvalue weighted by atomic mass is 16.9. The van der Waals surface area contributed by atoms with Crippen LogP contribution >= 0.6 is 0 Å². The van der Waals surface area contributed by atoms with Crippen LogP contribution in [0.5, 0.6) is 0 Å². The van der Waals surface area contributed by atoms with E-state index in [9.17, 15) is 0 Å². The van der Waals surface area contributed by atoms with Crippen LogP contribution < -0.4 is 0 Å². The minimum Gasteiger partial charge on any atom is -0.323 e. The Hall–Kier alpha value is -0.970. The number of aromatic nitrogens is 1. The Bertz CT molecular complexity index is 355. The number of ether oxygens (including phenoxy) is 3. The molecule has 0 aliphatic carbocycles. The predicted molar refractivity (Wildman–Crippen MR) is 56.5 cm³/mol. The Kier molecular flexibility index (Phi) is 2.24. The lowest BCUT2D eigenvalue weighted by molar-refractivity contribution is -0.480. The lowest BCUT2D eigenvalue weighted by atomic mass is 9.85. The van der Waals surface area contributed by atoms with E-state index in [1.165, 1.54) is 0 Å². The fourth-order valence-electron chi connectivity index (χ4n) is 2.09. The average Bonchev–Trinajstić information content (AvgIpc) is 2.42. The van der Waals surface area contributed by atoms with Gasteiger partial charge in [-0.15, -0.1) is 0 Å². The highest BCUT2D eigenvalue weighted by Crippen LogP contribution is 2.45. The maximum atomic E-state index is 5.76. The third-order valence-electron chi connectivity index (χ3n) is 3.47. The Morgan fingerprint density at radius 1 is 1.25 bits per heavy atom. The molecule has 3 fully saturated rings. The standard InChI is InChI=1S/C12H15NO3/c1-2-11-7-14-12(15-8-11,16-9-11)10-4-3-5-13-6-10/h3-6H,2,7-9H2,1H3. The molecule has 0 amide bonds. The van der Waals surface area contributed by atoms with Gasteiger partial charge in [0, 0.05) is 17.8 Å². The summed E-state index contributed by atoms with van der Waals surface area (Å²) in [6, 6.07) is 3.77. The van der Waals surface area contributed by atoms with E-state index in [0.717, 1.165) is 12.0 Å². The minimum atomic E-state index is -1.01. The Morgan fingerprint density at radius 2 is 1.94 bits per heavy atom. The van der Waals surface area contributed by atoms with Crippen LogP contribution in [0.15, 0.2) is 24.5 Å². The van der Waals surface area contributed by atoms with Gasteiger partial charge in [-0.25, -0.2) is 0 Å². The summed E-state index contributed by atoms with van der Waals surface area (Å²) in [7, 11) is 0. The van der Waals surface area contributed by atoms with E-state index in [2.05, 4.69) is 11.9 Å². The second-order valence-electron chi connectivity index (χ2n) is 4.52. The van der Waals surface area contributed by atoms with Crippen molar-refractivity contribution in [3.63, 3.8) is 0 Å². The van der Waals surface area contributed by atoms with Crippen molar-refractivity contribution < 1.29 is 14.2 Å². The summed E-state index contributed by atoms with van der Waals surface area (Å²) in [4.78, 5) is 4.07. The van der Waals surface area contributed by atoms with E-state index in [-0.39, 0.29) is 5.41 Å². The largest absolute Gasteiger partial charge is 0.323 e. The molecule has 0 atom stereocenters. The number of fused-ring (bicyclic) bond motifs is 3. The summed E-state index contributed by atoms with van der Waals surface area (Å²) in [6.07, 6.45) is 4.46. The smallest absolute Gasteiger partial charge is 0.313 e. The van der Waals surface area contributed by atoms with Gasteiger partial charge in [-0.3, -0.25) is 4.98 Å². The molecule has 1 aromatic rings. The molecule has 3 aliphatic heterocycles. The molecular formula is C12H15NO3. The molecule has 0 spiro atoms. The van der Waals surface area contributed by atoms with Crippen LogP contribution in [0.25, 0.3) is 0 Å². The number of nitrogens with zero attached hydrogens (tertiary/aromatic N) is 1. The van der Waals surface area contributed by atoms with Gasteiger partial charge < -0.3 is 14.2 Å². The van der Waals surface area contributed by atoms with E-state index < -0.39 is 5.97 Å². The zero-order valence-electron chi connectivity index (χ0n) is 9.31. The maximum Gasteiger partial charge on any atom is 0.313 e. The van der Waals surface area contributed by atoms with Crippen LogP contribution in [0.3, 0.4) is 0 Å². The van der Waals surface area contributed by atoms with Gasteiger partial charge in [-0.05, 0) is 18.6 Å². The van der Waals surface area contributed by atoms with Crippen LogP contribution in [0.4, 0.5) is 0 Å². The van der Waals surface area contributed by atoms with E-state index in [1.807, 2.05) is 12.1 Å². The second-order valence-corrected chi connectivity index (χ2v) is 4.52. The zero-order chi connectivity index (χ0) is 11.1. The van der Waals surface area contributed by atoms with Crippen LogP contribution in [0, 0.1) is 5.41 Å². The first-order chi connectivity index (χ1) is 7.79. The van der Waals surface area contributed by atoms with Crippen molar-refractivity contribution in [3.05, 3.63) is 30.1 Å². The zero-order valence-corrected chi connectivity index (χ0v) is 9.31. The van der Waals surface area contributed by atoms with Gasteiger partial charge in [0.1, 0.15) is 0 Å². The van der Waals surface area contributed by atoms with Crippen molar-refractivity contribution in [2.24, 2.45) is 5.41 Å². The topological polar surface area (TPSA) is 40.6 Å². The summed E-state index contributed by atoms with van der Waals surface area (Å²) in [5.74, 6) is -1.01. The van der Waals surface area contributed by atoms with Gasteiger partial charge in [-0.2, -0.15) is 0 Å². The fourth-order valence-corrected chi connectivity index (χ4v) is 2.09. The molecule has 86 valence electrons. The lowest BCUT2D eigenvalue weighted by Crippen LogP contribution is -2.58. The Balaban J connectivity index is 1.89. The van der Waals surface area contributed by atoms with Gasteiger partial charge >= 0.3 is 5.97 Å². The van der Waals surface area contributed by atoms with Crippen molar-refractivity contribution in [1.29, 1.82) is 0 Å². The molecule has 3 saturated heterocycles. The van der Waals surface area contributed by atoms with Gasteiger partial charge in [0.25, 0.3) is 0 Å². The van der Waals surface area contributed by atoms with Crippen LogP contribution in [0.1, 0.15) is 18.9 Å². The Morgan fingerprint density at radius 3 is 2.44 bits per heavy atom. The highest BCUT2D eigenvalue weighted by Gasteiger charge is 2.52. The first kappa shape index (κ1) is 10.2. The lowest BCUT2D eigenvalue weighted by Gasteiger charge is -2.51. The average molecular weight is 221 g/mol. The van der Waals surface area contributed by atoms with E-state index in [1.54, 1.807) is 12.4 Å². The molecule has 1 aromatic heterocycles. The molecular weight excluding hydrogens is 206 g/mol. The van der Waals surface area contributed by atoms with Crippen molar-refractivity contribution in [2.45, 2.75) is 19.3 Å². The molecule has 3 aliphatic rings. The van der Waals surface area contributed by atoms with Crippen molar-refractivity contribution in [1.82, 2.24) is 4.98 Å². The molecule has 0 saturated carbocycles. The van der Waals surface area contributed by atoms with Crippen molar-refractivity contribution >= 4 is 0 Å². The second kappa shape index (κ2) is 3.52. The summed E-state index contributed by atoms with van der Waals surface area (Å²) in [5, 5.41) is 0. The van der Waals surface area contributed by atoms with E-state index >= 15 is 0 Å².